The van der Waals surface area contributed by atoms with Crippen LogP contribution >= 0.6 is 0 Å². The lowest BCUT2D eigenvalue weighted by Crippen LogP contribution is -2.54. The van der Waals surface area contributed by atoms with Crippen molar-refractivity contribution in [3.8, 4) is 0 Å². The van der Waals surface area contributed by atoms with Gasteiger partial charge in [-0.25, -0.2) is 9.78 Å². The molecule has 1 heterocycles. The Labute approximate surface area is 116 Å². The predicted molar refractivity (Wildman–Crippen MR) is 70.5 cm³/mol. The standard InChI is InChI=1S/C13H19N3O4/c1-8-3-2-4-13(5-8,6-17)16-11(18)9-10(12(19)20)15-7-14-9/h7-8,17H,2-6H2,1H3,(H,14,15)(H,16,18)(H,19,20). The zero-order valence-corrected chi connectivity index (χ0v) is 11.3. The van der Waals surface area contributed by atoms with Gasteiger partial charge in [-0.1, -0.05) is 19.8 Å². The number of aromatic amines is 1. The van der Waals surface area contributed by atoms with Gasteiger partial charge in [-0.15, -0.1) is 0 Å². The Morgan fingerprint density at radius 1 is 1.60 bits per heavy atom. The van der Waals surface area contributed by atoms with E-state index in [2.05, 4.69) is 22.2 Å². The minimum atomic E-state index is -1.23. The lowest BCUT2D eigenvalue weighted by atomic mass is 9.76. The number of aliphatic hydroxyl groups excluding tert-OH is 1. The van der Waals surface area contributed by atoms with Gasteiger partial charge >= 0.3 is 5.97 Å². The fraction of sp³-hybridized carbons (Fsp3) is 0.615. The molecule has 1 aromatic heterocycles. The first kappa shape index (κ1) is 14.5. The van der Waals surface area contributed by atoms with Crippen LogP contribution in [-0.2, 0) is 0 Å². The molecule has 4 N–H and O–H groups in total. The van der Waals surface area contributed by atoms with Crippen molar-refractivity contribution in [2.75, 3.05) is 6.61 Å². The fourth-order valence-electron chi connectivity index (χ4n) is 2.89. The second kappa shape index (κ2) is 5.62. The molecule has 1 fully saturated rings. The van der Waals surface area contributed by atoms with Crippen LogP contribution in [0.2, 0.25) is 0 Å². The van der Waals surface area contributed by atoms with Crippen LogP contribution in [0.4, 0.5) is 0 Å². The summed E-state index contributed by atoms with van der Waals surface area (Å²) in [5.41, 5.74) is -1.06. The number of aromatic nitrogens is 2. The van der Waals surface area contributed by atoms with Crippen molar-refractivity contribution >= 4 is 11.9 Å². The highest BCUT2D eigenvalue weighted by Crippen LogP contribution is 2.32. The van der Waals surface area contributed by atoms with Crippen LogP contribution in [0.3, 0.4) is 0 Å². The van der Waals surface area contributed by atoms with Gasteiger partial charge in [0.25, 0.3) is 5.91 Å². The van der Waals surface area contributed by atoms with Crippen LogP contribution in [-0.4, -0.2) is 44.2 Å². The molecule has 2 unspecified atom stereocenters. The summed E-state index contributed by atoms with van der Waals surface area (Å²) in [4.78, 5) is 29.4. The van der Waals surface area contributed by atoms with E-state index in [1.165, 1.54) is 6.33 Å². The lowest BCUT2D eigenvalue weighted by Gasteiger charge is -2.39. The maximum absolute atomic E-state index is 12.2. The minimum Gasteiger partial charge on any atom is -0.477 e. The first-order valence-electron chi connectivity index (χ1n) is 6.67. The van der Waals surface area contributed by atoms with Gasteiger partial charge in [0, 0.05) is 0 Å². The van der Waals surface area contributed by atoms with Gasteiger partial charge in [0.1, 0.15) is 0 Å². The van der Waals surface area contributed by atoms with E-state index in [0.717, 1.165) is 12.8 Å². The Bertz CT molecular complexity index is 513. The van der Waals surface area contributed by atoms with Gasteiger partial charge in [-0.3, -0.25) is 4.79 Å². The van der Waals surface area contributed by atoms with Crippen molar-refractivity contribution in [1.82, 2.24) is 15.3 Å². The molecule has 7 nitrogen and oxygen atoms in total. The number of aromatic carboxylic acids is 1. The third kappa shape index (κ3) is 2.82. The molecular formula is C13H19N3O4. The highest BCUT2D eigenvalue weighted by molar-refractivity contribution is 6.02. The molecular weight excluding hydrogens is 262 g/mol. The Kier molecular flexibility index (Phi) is 4.08. The van der Waals surface area contributed by atoms with Gasteiger partial charge in [-0.05, 0) is 18.8 Å². The van der Waals surface area contributed by atoms with Crippen LogP contribution in [0.5, 0.6) is 0 Å². The molecule has 0 bridgehead atoms. The molecule has 0 saturated heterocycles. The number of carboxylic acids is 1. The van der Waals surface area contributed by atoms with E-state index in [0.29, 0.717) is 18.8 Å². The molecule has 1 aliphatic carbocycles. The van der Waals surface area contributed by atoms with Crippen LogP contribution in [0, 0.1) is 5.92 Å². The van der Waals surface area contributed by atoms with E-state index in [9.17, 15) is 14.7 Å². The number of carbonyl (C=O) groups excluding carboxylic acids is 1. The molecule has 1 amide bonds. The molecule has 20 heavy (non-hydrogen) atoms. The lowest BCUT2D eigenvalue weighted by molar-refractivity contribution is 0.0655. The maximum atomic E-state index is 12.2. The average Bonchev–Trinajstić information content (AvgIpc) is 2.88. The number of aliphatic hydroxyl groups is 1. The Morgan fingerprint density at radius 3 is 2.95 bits per heavy atom. The van der Waals surface area contributed by atoms with Crippen molar-refractivity contribution in [3.05, 3.63) is 17.7 Å². The first-order chi connectivity index (χ1) is 9.47. The van der Waals surface area contributed by atoms with E-state index in [1.807, 2.05) is 0 Å². The highest BCUT2D eigenvalue weighted by Gasteiger charge is 2.37. The van der Waals surface area contributed by atoms with Gasteiger partial charge in [-0.2, -0.15) is 0 Å². The summed E-state index contributed by atoms with van der Waals surface area (Å²) in [5, 5.41) is 21.4. The molecule has 0 aliphatic heterocycles. The van der Waals surface area contributed by atoms with E-state index in [4.69, 9.17) is 5.11 Å². The number of hydrogen-bond donors (Lipinski definition) is 4. The third-order valence-electron chi connectivity index (χ3n) is 3.84. The molecule has 2 atom stereocenters. The van der Waals surface area contributed by atoms with Crippen molar-refractivity contribution in [2.45, 2.75) is 38.1 Å². The third-order valence-corrected chi connectivity index (χ3v) is 3.84. The molecule has 1 aliphatic rings. The predicted octanol–water partition coefficient (Wildman–Crippen LogP) is 0.779. The van der Waals surface area contributed by atoms with E-state index in [-0.39, 0.29) is 18.0 Å². The van der Waals surface area contributed by atoms with E-state index >= 15 is 0 Å². The number of H-pyrrole nitrogens is 1. The molecule has 2 rings (SSSR count). The summed E-state index contributed by atoms with van der Waals surface area (Å²) in [5.74, 6) is -1.39. The van der Waals surface area contributed by atoms with Gasteiger partial charge in [0.2, 0.25) is 0 Å². The quantitative estimate of drug-likeness (QED) is 0.651. The van der Waals surface area contributed by atoms with E-state index in [1.54, 1.807) is 0 Å². The van der Waals surface area contributed by atoms with Gasteiger partial charge in [0.15, 0.2) is 11.4 Å². The smallest absolute Gasteiger partial charge is 0.354 e. The number of amides is 1. The Balaban J connectivity index is 2.17. The molecule has 1 saturated carbocycles. The van der Waals surface area contributed by atoms with Crippen LogP contribution in [0.15, 0.2) is 6.33 Å². The number of imidazole rings is 1. The number of nitrogens with one attached hydrogen (secondary N) is 2. The minimum absolute atomic E-state index is 0.149. The number of nitrogens with zero attached hydrogens (tertiary/aromatic N) is 1. The molecule has 1 aromatic rings. The zero-order valence-electron chi connectivity index (χ0n) is 11.3. The van der Waals surface area contributed by atoms with Crippen molar-refractivity contribution < 1.29 is 19.8 Å². The second-order valence-corrected chi connectivity index (χ2v) is 5.53. The first-order valence-corrected chi connectivity index (χ1v) is 6.67. The number of hydrogen-bond acceptors (Lipinski definition) is 4. The molecule has 110 valence electrons. The Hall–Kier alpha value is -1.89. The van der Waals surface area contributed by atoms with Gasteiger partial charge < -0.3 is 20.5 Å². The number of carboxylic acid groups (broad SMARTS) is 1. The van der Waals surface area contributed by atoms with Crippen LogP contribution < -0.4 is 5.32 Å². The fourth-order valence-corrected chi connectivity index (χ4v) is 2.89. The Morgan fingerprint density at radius 2 is 2.35 bits per heavy atom. The molecule has 7 heteroatoms. The molecule has 0 spiro atoms. The largest absolute Gasteiger partial charge is 0.477 e. The summed E-state index contributed by atoms with van der Waals surface area (Å²) >= 11 is 0. The van der Waals surface area contributed by atoms with Crippen LogP contribution in [0.1, 0.15) is 53.6 Å². The summed E-state index contributed by atoms with van der Waals surface area (Å²) < 4.78 is 0. The summed E-state index contributed by atoms with van der Waals surface area (Å²) in [7, 11) is 0. The topological polar surface area (TPSA) is 115 Å². The average molecular weight is 281 g/mol. The summed E-state index contributed by atoms with van der Waals surface area (Å²) in [6, 6.07) is 0. The number of rotatable bonds is 4. The molecule has 0 aromatic carbocycles. The van der Waals surface area contributed by atoms with Crippen molar-refractivity contribution in [1.29, 1.82) is 0 Å². The highest BCUT2D eigenvalue weighted by atomic mass is 16.4. The van der Waals surface area contributed by atoms with Crippen molar-refractivity contribution in [2.24, 2.45) is 5.92 Å². The normalized spacial score (nSPS) is 26.2. The SMILES string of the molecule is CC1CCCC(CO)(NC(=O)c2nc[nH]c2C(=O)O)C1. The molecule has 0 radical (unpaired) electrons. The monoisotopic (exact) mass is 281 g/mol. The maximum Gasteiger partial charge on any atom is 0.354 e. The van der Waals surface area contributed by atoms with Crippen LogP contribution in [0.25, 0.3) is 0 Å². The zero-order chi connectivity index (χ0) is 14.8. The van der Waals surface area contributed by atoms with E-state index < -0.39 is 17.4 Å². The van der Waals surface area contributed by atoms with Gasteiger partial charge in [0.05, 0.1) is 18.5 Å². The number of carbonyl (C=O) groups is 2. The van der Waals surface area contributed by atoms with Crippen molar-refractivity contribution in [3.63, 3.8) is 0 Å². The second-order valence-electron chi connectivity index (χ2n) is 5.53. The summed E-state index contributed by atoms with van der Waals surface area (Å²) in [6.45, 7) is 1.92. The summed E-state index contributed by atoms with van der Waals surface area (Å²) in [6.07, 6.45) is 4.54.